The van der Waals surface area contributed by atoms with Crippen molar-refractivity contribution in [2.45, 2.75) is 26.0 Å². The lowest BCUT2D eigenvalue weighted by Gasteiger charge is -2.14. The molecule has 0 amide bonds. The lowest BCUT2D eigenvalue weighted by atomic mass is 10.0. The van der Waals surface area contributed by atoms with Gasteiger partial charge in [0.15, 0.2) is 5.58 Å². The fraction of sp³-hybridized carbons (Fsp3) is 0.222. The Hall–Kier alpha value is -2.62. The average Bonchev–Trinajstić information content (AvgIpc) is 3.07. The quantitative estimate of drug-likeness (QED) is 0.845. The summed E-state index contributed by atoms with van der Waals surface area (Å²) >= 11 is 0. The number of aryl methyl sites for hydroxylation is 1. The van der Waals surface area contributed by atoms with E-state index in [9.17, 15) is 0 Å². The van der Waals surface area contributed by atoms with Crippen LogP contribution < -0.4 is 0 Å². The summed E-state index contributed by atoms with van der Waals surface area (Å²) in [7, 11) is 0. The zero-order valence-electron chi connectivity index (χ0n) is 12.5. The average molecular weight is 292 g/mol. The monoisotopic (exact) mass is 292 g/mol. The van der Waals surface area contributed by atoms with Gasteiger partial charge in [-0.25, -0.2) is 9.98 Å². The third-order valence-corrected chi connectivity index (χ3v) is 3.78. The minimum Gasteiger partial charge on any atom is -0.468 e. The van der Waals surface area contributed by atoms with Crippen LogP contribution in [0.2, 0.25) is 0 Å². The zero-order chi connectivity index (χ0) is 15.1. The van der Waals surface area contributed by atoms with E-state index in [1.54, 1.807) is 6.08 Å². The molecule has 0 radical (unpaired) electrons. The maximum Gasteiger partial charge on any atom is 0.220 e. The van der Waals surface area contributed by atoms with Gasteiger partial charge in [0.25, 0.3) is 0 Å². The van der Waals surface area contributed by atoms with Gasteiger partial charge < -0.3 is 9.15 Å². The second kappa shape index (κ2) is 4.98. The molecule has 1 aliphatic heterocycles. The van der Waals surface area contributed by atoms with E-state index in [4.69, 9.17) is 9.15 Å². The van der Waals surface area contributed by atoms with Crippen molar-refractivity contribution in [3.63, 3.8) is 0 Å². The highest BCUT2D eigenvalue weighted by Crippen LogP contribution is 2.23. The van der Waals surface area contributed by atoms with Crippen LogP contribution in [0, 0.1) is 6.92 Å². The largest absolute Gasteiger partial charge is 0.468 e. The van der Waals surface area contributed by atoms with Gasteiger partial charge in [-0.1, -0.05) is 23.8 Å². The number of aliphatic imine (C=N–C) groups is 1. The zero-order valence-corrected chi connectivity index (χ0v) is 12.5. The van der Waals surface area contributed by atoms with E-state index in [-0.39, 0.29) is 12.1 Å². The predicted octanol–water partition coefficient (Wildman–Crippen LogP) is 3.83. The normalized spacial score (nSPS) is 23.5. The molecule has 4 nitrogen and oxygen atoms in total. The molecule has 2 heterocycles. The van der Waals surface area contributed by atoms with E-state index in [1.807, 2.05) is 37.3 Å². The third kappa shape index (κ3) is 2.37. The molecule has 0 fully saturated rings. The minimum absolute atomic E-state index is 0.00892. The summed E-state index contributed by atoms with van der Waals surface area (Å²) in [5, 5.41) is 0. The van der Waals surface area contributed by atoms with Gasteiger partial charge in [0.2, 0.25) is 11.8 Å². The molecule has 22 heavy (non-hydrogen) atoms. The summed E-state index contributed by atoms with van der Waals surface area (Å²) in [6.07, 6.45) is 9.85. The van der Waals surface area contributed by atoms with Crippen molar-refractivity contribution in [3.05, 3.63) is 59.5 Å². The van der Waals surface area contributed by atoms with Crippen LogP contribution in [0.1, 0.15) is 18.4 Å². The molecule has 0 saturated heterocycles. The number of rotatable bonds is 2. The Morgan fingerprint density at radius 2 is 2.09 bits per heavy atom. The second-order valence-electron chi connectivity index (χ2n) is 5.67. The molecule has 4 rings (SSSR count). The van der Waals surface area contributed by atoms with Crippen LogP contribution in [0.3, 0.4) is 0 Å². The molecule has 2 unspecified atom stereocenters. The van der Waals surface area contributed by atoms with Gasteiger partial charge in [0.05, 0.1) is 0 Å². The summed E-state index contributed by atoms with van der Waals surface area (Å²) < 4.78 is 11.5. The Labute approximate surface area is 128 Å². The highest BCUT2D eigenvalue weighted by molar-refractivity contribution is 5.93. The number of nitrogens with zero attached hydrogens (tertiary/aromatic N) is 2. The van der Waals surface area contributed by atoms with Crippen molar-refractivity contribution in [1.29, 1.82) is 0 Å². The van der Waals surface area contributed by atoms with Gasteiger partial charge in [-0.2, -0.15) is 0 Å². The van der Waals surface area contributed by atoms with Crippen molar-refractivity contribution < 1.29 is 9.15 Å². The summed E-state index contributed by atoms with van der Waals surface area (Å²) in [5.74, 6) is 1.17. The lowest BCUT2D eigenvalue weighted by molar-refractivity contribution is 0.255. The Balaban J connectivity index is 1.56. The number of ether oxygens (including phenoxy) is 1. The molecule has 2 atom stereocenters. The number of hydrogen-bond acceptors (Lipinski definition) is 4. The van der Waals surface area contributed by atoms with E-state index >= 15 is 0 Å². The van der Waals surface area contributed by atoms with Crippen LogP contribution in [0.4, 0.5) is 0 Å². The van der Waals surface area contributed by atoms with Crippen LogP contribution in [0.25, 0.3) is 17.2 Å². The highest BCUT2D eigenvalue weighted by Gasteiger charge is 2.27. The topological polar surface area (TPSA) is 47.6 Å². The van der Waals surface area contributed by atoms with E-state index in [2.05, 4.69) is 29.1 Å². The van der Waals surface area contributed by atoms with Gasteiger partial charge in [0.1, 0.15) is 17.7 Å². The molecule has 4 heteroatoms. The molecule has 0 saturated carbocycles. The van der Waals surface area contributed by atoms with Crippen LogP contribution in [-0.4, -0.2) is 23.0 Å². The molecule has 0 N–H and O–H groups in total. The standard InChI is InChI=1S/C18H16N2O2/c1-11-3-5-15-13(9-11)19-17(21-15)7-8-18-20-14-10-12(2)4-6-16(14)22-18/h3-10,13,15H,1-2H3/b8-7+. The number of oxazole rings is 1. The Kier molecular flexibility index (Phi) is 2.96. The molecule has 2 aromatic rings. The summed E-state index contributed by atoms with van der Waals surface area (Å²) in [6.45, 7) is 4.10. The molecule has 1 aromatic carbocycles. The number of aromatic nitrogens is 1. The van der Waals surface area contributed by atoms with Gasteiger partial charge in [-0.15, -0.1) is 0 Å². The van der Waals surface area contributed by atoms with Crippen LogP contribution in [-0.2, 0) is 4.74 Å². The van der Waals surface area contributed by atoms with E-state index < -0.39 is 0 Å². The Morgan fingerprint density at radius 1 is 1.18 bits per heavy atom. The highest BCUT2D eigenvalue weighted by atomic mass is 16.5. The van der Waals surface area contributed by atoms with Crippen molar-refractivity contribution in [1.82, 2.24) is 4.98 Å². The molecule has 0 spiro atoms. The molecule has 1 aromatic heterocycles. The van der Waals surface area contributed by atoms with Crippen molar-refractivity contribution in [3.8, 4) is 0 Å². The maximum atomic E-state index is 5.79. The number of allylic oxidation sites excluding steroid dienone is 2. The molecule has 1 aliphatic carbocycles. The van der Waals surface area contributed by atoms with E-state index in [0.29, 0.717) is 11.8 Å². The van der Waals surface area contributed by atoms with Gasteiger partial charge in [-0.3, -0.25) is 0 Å². The first-order chi connectivity index (χ1) is 10.7. The molecular formula is C18H16N2O2. The number of benzene rings is 1. The van der Waals surface area contributed by atoms with Crippen LogP contribution in [0.5, 0.6) is 0 Å². The maximum absolute atomic E-state index is 5.79. The molecular weight excluding hydrogens is 276 g/mol. The van der Waals surface area contributed by atoms with Gasteiger partial charge >= 0.3 is 0 Å². The third-order valence-electron chi connectivity index (χ3n) is 3.78. The molecule has 2 aliphatic rings. The smallest absolute Gasteiger partial charge is 0.220 e. The van der Waals surface area contributed by atoms with Crippen LogP contribution >= 0.6 is 0 Å². The summed E-state index contributed by atoms with van der Waals surface area (Å²) in [6, 6.07) is 6.03. The molecule has 110 valence electrons. The first kappa shape index (κ1) is 13.1. The van der Waals surface area contributed by atoms with Crippen molar-refractivity contribution in [2.75, 3.05) is 0 Å². The fourth-order valence-electron chi connectivity index (χ4n) is 2.67. The predicted molar refractivity (Wildman–Crippen MR) is 86.8 cm³/mol. The first-order valence-corrected chi connectivity index (χ1v) is 7.34. The fourth-order valence-corrected chi connectivity index (χ4v) is 2.67. The van der Waals surface area contributed by atoms with Crippen LogP contribution in [0.15, 0.2) is 57.5 Å². The summed E-state index contributed by atoms with van der Waals surface area (Å²) in [4.78, 5) is 9.00. The Bertz CT molecular complexity index is 855. The van der Waals surface area contributed by atoms with E-state index in [1.165, 1.54) is 5.57 Å². The van der Waals surface area contributed by atoms with Crippen molar-refractivity contribution in [2.24, 2.45) is 4.99 Å². The molecule has 0 bridgehead atoms. The lowest BCUT2D eigenvalue weighted by Crippen LogP contribution is -2.20. The number of fused-ring (bicyclic) bond motifs is 2. The van der Waals surface area contributed by atoms with Gasteiger partial charge in [0, 0.05) is 12.2 Å². The van der Waals surface area contributed by atoms with E-state index in [0.717, 1.165) is 16.7 Å². The minimum atomic E-state index is 0.00892. The SMILES string of the molecule is CC1=CC2N=C(/C=C/c3nc4cc(C)ccc4o3)OC2C=C1. The van der Waals surface area contributed by atoms with Gasteiger partial charge in [-0.05, 0) is 37.6 Å². The second-order valence-corrected chi connectivity index (χ2v) is 5.67. The number of hydrogen-bond donors (Lipinski definition) is 0. The summed E-state index contributed by atoms with van der Waals surface area (Å²) in [5.41, 5.74) is 4.03. The van der Waals surface area contributed by atoms with Crippen molar-refractivity contribution >= 4 is 23.1 Å². The first-order valence-electron chi connectivity index (χ1n) is 7.34. The Morgan fingerprint density at radius 3 is 3.00 bits per heavy atom.